The molecule has 0 aliphatic carbocycles. The summed E-state index contributed by atoms with van der Waals surface area (Å²) in [5.41, 5.74) is 1.03. The molecule has 18 heavy (non-hydrogen) atoms. The molecule has 0 spiro atoms. The van der Waals surface area contributed by atoms with Crippen LogP contribution in [-0.2, 0) is 6.42 Å². The first-order chi connectivity index (χ1) is 8.58. The molecule has 0 fully saturated rings. The summed E-state index contributed by atoms with van der Waals surface area (Å²) in [6, 6.07) is 6.35. The molecule has 0 saturated carbocycles. The van der Waals surface area contributed by atoms with Gasteiger partial charge in [0.2, 0.25) is 0 Å². The van der Waals surface area contributed by atoms with Gasteiger partial charge in [0, 0.05) is 28.2 Å². The first-order valence-electron chi connectivity index (χ1n) is 5.29. The lowest BCUT2D eigenvalue weighted by molar-refractivity contribution is 0.177. The molecule has 2 rings (SSSR count). The van der Waals surface area contributed by atoms with Crippen LogP contribution < -0.4 is 0 Å². The van der Waals surface area contributed by atoms with E-state index in [0.717, 1.165) is 6.20 Å². The van der Waals surface area contributed by atoms with Crippen LogP contribution in [0.3, 0.4) is 0 Å². The van der Waals surface area contributed by atoms with Gasteiger partial charge in [0.15, 0.2) is 0 Å². The van der Waals surface area contributed by atoms with Gasteiger partial charge in [-0.25, -0.2) is 4.39 Å². The fourth-order valence-electron chi connectivity index (χ4n) is 1.65. The fourth-order valence-corrected chi connectivity index (χ4v) is 2.20. The molecule has 0 aliphatic rings. The number of aliphatic hydroxyl groups excluding tert-OH is 1. The minimum Gasteiger partial charge on any atom is -0.388 e. The lowest BCUT2D eigenvalue weighted by atomic mass is 10.0. The molecule has 2 nitrogen and oxygen atoms in total. The number of aliphatic hydroxyl groups is 1. The number of hydrogen-bond donors (Lipinski definition) is 1. The quantitative estimate of drug-likeness (QED) is 0.930. The lowest BCUT2D eigenvalue weighted by Crippen LogP contribution is -2.04. The third-order valence-electron chi connectivity index (χ3n) is 2.57. The maximum Gasteiger partial charge on any atom is 0.141 e. The summed E-state index contributed by atoms with van der Waals surface area (Å²) < 4.78 is 13.0. The molecule has 0 bridgehead atoms. The van der Waals surface area contributed by atoms with Crippen LogP contribution >= 0.6 is 23.2 Å². The number of benzene rings is 1. The van der Waals surface area contributed by atoms with Gasteiger partial charge >= 0.3 is 0 Å². The molecule has 5 heteroatoms. The van der Waals surface area contributed by atoms with Crippen LogP contribution in [0.25, 0.3) is 0 Å². The zero-order valence-electron chi connectivity index (χ0n) is 9.28. The number of nitrogens with zero attached hydrogens (tertiary/aromatic N) is 1. The van der Waals surface area contributed by atoms with E-state index in [0.29, 0.717) is 21.2 Å². The Morgan fingerprint density at radius 3 is 2.50 bits per heavy atom. The number of hydrogen-bond acceptors (Lipinski definition) is 2. The zero-order valence-corrected chi connectivity index (χ0v) is 10.8. The maximum absolute atomic E-state index is 13.0. The summed E-state index contributed by atoms with van der Waals surface area (Å²) in [5.74, 6) is -0.489. The number of pyridine rings is 1. The van der Waals surface area contributed by atoms with Crippen LogP contribution in [0.15, 0.2) is 36.7 Å². The predicted octanol–water partition coefficient (Wildman–Crippen LogP) is 3.80. The Morgan fingerprint density at radius 1 is 1.22 bits per heavy atom. The van der Waals surface area contributed by atoms with Crippen molar-refractivity contribution < 1.29 is 9.50 Å². The van der Waals surface area contributed by atoms with Gasteiger partial charge in [-0.3, -0.25) is 4.98 Å². The lowest BCUT2D eigenvalue weighted by Gasteiger charge is -2.13. The molecular weight excluding hydrogens is 276 g/mol. The van der Waals surface area contributed by atoms with Crippen molar-refractivity contribution in [3.63, 3.8) is 0 Å². The van der Waals surface area contributed by atoms with Gasteiger partial charge in [0.05, 0.1) is 12.3 Å². The summed E-state index contributed by atoms with van der Waals surface area (Å²) >= 11 is 12.0. The van der Waals surface area contributed by atoms with E-state index in [1.54, 1.807) is 18.2 Å². The van der Waals surface area contributed by atoms with Crippen molar-refractivity contribution in [1.82, 2.24) is 4.98 Å². The second kappa shape index (κ2) is 5.65. The Kier molecular flexibility index (Phi) is 4.17. The molecule has 0 aliphatic heterocycles. The van der Waals surface area contributed by atoms with E-state index in [2.05, 4.69) is 4.98 Å². The molecule has 0 saturated heterocycles. The summed E-state index contributed by atoms with van der Waals surface area (Å²) in [6.45, 7) is 0. The van der Waals surface area contributed by atoms with Crippen LogP contribution in [0, 0.1) is 5.82 Å². The van der Waals surface area contributed by atoms with Gasteiger partial charge in [0.1, 0.15) is 5.82 Å². The van der Waals surface area contributed by atoms with Crippen molar-refractivity contribution in [2.24, 2.45) is 0 Å². The Bertz CT molecular complexity index is 542. The molecule has 1 atom stereocenters. The Balaban J connectivity index is 2.24. The first kappa shape index (κ1) is 13.3. The molecule has 0 radical (unpaired) electrons. The van der Waals surface area contributed by atoms with Gasteiger partial charge < -0.3 is 5.11 Å². The van der Waals surface area contributed by atoms with Gasteiger partial charge in [-0.1, -0.05) is 29.3 Å². The van der Waals surface area contributed by atoms with Gasteiger partial charge in [-0.2, -0.15) is 0 Å². The third-order valence-corrected chi connectivity index (χ3v) is 3.28. The summed E-state index contributed by atoms with van der Waals surface area (Å²) in [5, 5.41) is 11.0. The largest absolute Gasteiger partial charge is 0.388 e. The summed E-state index contributed by atoms with van der Waals surface area (Å²) in [4.78, 5) is 3.69. The molecule has 1 aromatic carbocycles. The highest BCUT2D eigenvalue weighted by Gasteiger charge is 2.14. The molecule has 1 N–H and O–H groups in total. The predicted molar refractivity (Wildman–Crippen MR) is 69.3 cm³/mol. The highest BCUT2D eigenvalue weighted by atomic mass is 35.5. The minimum absolute atomic E-state index is 0.212. The number of aromatic nitrogens is 1. The van der Waals surface area contributed by atoms with Crippen LogP contribution in [0.4, 0.5) is 4.39 Å². The highest BCUT2D eigenvalue weighted by molar-refractivity contribution is 6.35. The normalized spacial score (nSPS) is 12.4. The van der Waals surface area contributed by atoms with Gasteiger partial charge in [-0.05, 0) is 23.8 Å². The summed E-state index contributed by atoms with van der Waals surface area (Å²) in [6.07, 6.45) is 1.81. The van der Waals surface area contributed by atoms with E-state index >= 15 is 0 Å². The molecular formula is C13H10Cl2FNO. The minimum atomic E-state index is -0.898. The monoisotopic (exact) mass is 285 g/mol. The fraction of sp³-hybridized carbons (Fsp3) is 0.154. The van der Waals surface area contributed by atoms with Crippen molar-refractivity contribution in [3.05, 3.63) is 63.6 Å². The third kappa shape index (κ3) is 2.99. The van der Waals surface area contributed by atoms with E-state index in [9.17, 15) is 9.50 Å². The Labute approximate surface area is 114 Å². The highest BCUT2D eigenvalue weighted by Crippen LogP contribution is 2.29. The Hall–Kier alpha value is -1.16. The molecule has 94 valence electrons. The van der Waals surface area contributed by atoms with Crippen molar-refractivity contribution in [3.8, 4) is 0 Å². The first-order valence-corrected chi connectivity index (χ1v) is 6.05. The van der Waals surface area contributed by atoms with E-state index in [1.165, 1.54) is 12.3 Å². The molecule has 2 aromatic rings. The second-order valence-corrected chi connectivity index (χ2v) is 4.67. The molecule has 1 heterocycles. The molecule has 1 unspecified atom stereocenters. The number of rotatable bonds is 3. The van der Waals surface area contributed by atoms with Crippen molar-refractivity contribution in [2.45, 2.75) is 12.5 Å². The van der Waals surface area contributed by atoms with Crippen LogP contribution in [0.2, 0.25) is 10.0 Å². The summed E-state index contributed by atoms with van der Waals surface area (Å²) in [7, 11) is 0. The molecule has 1 aromatic heterocycles. The van der Waals surface area contributed by atoms with Crippen molar-refractivity contribution in [1.29, 1.82) is 0 Å². The van der Waals surface area contributed by atoms with E-state index in [4.69, 9.17) is 23.2 Å². The average Bonchev–Trinajstić information content (AvgIpc) is 2.34. The smallest absolute Gasteiger partial charge is 0.141 e. The van der Waals surface area contributed by atoms with Gasteiger partial charge in [0.25, 0.3) is 0 Å². The Morgan fingerprint density at radius 2 is 1.89 bits per heavy atom. The zero-order chi connectivity index (χ0) is 13.1. The van der Waals surface area contributed by atoms with Gasteiger partial charge in [-0.15, -0.1) is 0 Å². The van der Waals surface area contributed by atoms with E-state index in [1.807, 2.05) is 0 Å². The topological polar surface area (TPSA) is 33.1 Å². The number of halogens is 3. The average molecular weight is 286 g/mol. The van der Waals surface area contributed by atoms with Crippen LogP contribution in [0.5, 0.6) is 0 Å². The van der Waals surface area contributed by atoms with E-state index in [-0.39, 0.29) is 6.42 Å². The SMILES string of the molecule is OC(Cc1c(Cl)cccc1Cl)c1cncc(F)c1. The van der Waals surface area contributed by atoms with Crippen molar-refractivity contribution >= 4 is 23.2 Å². The molecule has 0 amide bonds. The van der Waals surface area contributed by atoms with Crippen LogP contribution in [0.1, 0.15) is 17.2 Å². The standard InChI is InChI=1S/C13H10Cl2FNO/c14-11-2-1-3-12(15)10(11)5-13(18)8-4-9(16)7-17-6-8/h1-4,6-7,13,18H,5H2. The van der Waals surface area contributed by atoms with Crippen LogP contribution in [-0.4, -0.2) is 10.1 Å². The second-order valence-electron chi connectivity index (χ2n) is 3.86. The maximum atomic E-state index is 13.0. The van der Waals surface area contributed by atoms with E-state index < -0.39 is 11.9 Å². The van der Waals surface area contributed by atoms with Crippen molar-refractivity contribution in [2.75, 3.05) is 0 Å².